The van der Waals surface area contributed by atoms with Crippen LogP contribution in [0.5, 0.6) is 5.75 Å². The average Bonchev–Trinajstić information content (AvgIpc) is 3.94. The number of anilines is 2. The highest BCUT2D eigenvalue weighted by Crippen LogP contribution is 2.60. The number of phenolic OH excluding ortho intramolecular Hbond substituents is 1. The Balaban J connectivity index is 0.608. The zero-order valence-electron chi connectivity index (χ0n) is 41.0. The first-order valence-corrected chi connectivity index (χ1v) is 26.2. The lowest BCUT2D eigenvalue weighted by Crippen LogP contribution is -2.63. The van der Waals surface area contributed by atoms with E-state index in [2.05, 4.69) is 57.7 Å². The van der Waals surface area contributed by atoms with Gasteiger partial charge in [0.1, 0.15) is 17.8 Å². The number of nitrogens with zero attached hydrogens (tertiary/aromatic N) is 7. The molecule has 0 unspecified atom stereocenters. The van der Waals surface area contributed by atoms with Gasteiger partial charge in [-0.15, -0.1) is 16.6 Å². The van der Waals surface area contributed by atoms with Crippen LogP contribution in [0.1, 0.15) is 109 Å². The summed E-state index contributed by atoms with van der Waals surface area (Å²) < 4.78 is 0. The third kappa shape index (κ3) is 8.97. The van der Waals surface area contributed by atoms with Crippen LogP contribution < -0.4 is 20.9 Å². The van der Waals surface area contributed by atoms with Crippen molar-refractivity contribution in [1.82, 2.24) is 40.4 Å². The van der Waals surface area contributed by atoms with Gasteiger partial charge < -0.3 is 40.7 Å². The van der Waals surface area contributed by atoms with E-state index in [1.807, 2.05) is 63.2 Å². The lowest BCUT2D eigenvalue weighted by molar-refractivity contribution is -0.150. The van der Waals surface area contributed by atoms with Gasteiger partial charge in [-0.2, -0.15) is 0 Å². The molecule has 1 spiro atoms. The Labute approximate surface area is 408 Å². The van der Waals surface area contributed by atoms with Crippen LogP contribution in [-0.2, 0) is 19.9 Å². The molecular formula is C55H72N10O4. The minimum absolute atomic E-state index is 0.0102. The summed E-state index contributed by atoms with van der Waals surface area (Å²) in [6.07, 6.45) is 17.8. The smallest absolute Gasteiger partial charge is 0.246 e. The molecular weight excluding hydrogens is 865 g/mol. The highest BCUT2D eigenvalue weighted by Gasteiger charge is 2.57. The Kier molecular flexibility index (Phi) is 12.2. The molecule has 0 bridgehead atoms. The number of carbonyl (C=O) groups excluding carboxylic acids is 3. The molecule has 6 heterocycles. The van der Waals surface area contributed by atoms with Crippen LogP contribution in [0.2, 0.25) is 0 Å². The second-order valence-electron chi connectivity index (χ2n) is 23.2. The fraction of sp³-hybridized carbons (Fsp3) is 0.618. The number of piperazine rings is 1. The molecule has 366 valence electrons. The summed E-state index contributed by atoms with van der Waals surface area (Å²) in [4.78, 5) is 54.5. The van der Waals surface area contributed by atoms with Crippen LogP contribution in [0.25, 0.3) is 11.3 Å². The number of amides is 3. The number of hydrogen-bond acceptors (Lipinski definition) is 11. The summed E-state index contributed by atoms with van der Waals surface area (Å²) >= 11 is 0. The normalized spacial score (nSPS) is 28.8. The molecule has 14 heteroatoms. The summed E-state index contributed by atoms with van der Waals surface area (Å²) in [6, 6.07) is 18.3. The maximum atomic E-state index is 14.3. The minimum Gasteiger partial charge on any atom is -0.507 e. The standard InChI is InChI=1S/C55H72N10O4/c1-5-36-12-14-38(15-13-36)55(20-21-55)58-51(68)45-10-8-22-65(45)52(69)48(53(2,3)4)57-50(67)37-30-54(31-37)32-41(33-54)62-25-16-39(17-26-62)61-23-18-40(19-24-61)63-27-28-64-42(35-63)34-56-49-46(64)29-44(59-60-49)43-9-6-7-11-47(43)66/h1,6-7,9,11-15,29,37,39-42,45,48,66H,8,10,16-28,30-35H2,2-4H3,(H,56,60)(H,57,67)(H,58,68)/t37?,41?,42-,45-,48+,54?/m0/s1. The number of hydrogen-bond donors (Lipinski definition) is 4. The molecule has 3 atom stereocenters. The monoisotopic (exact) mass is 937 g/mol. The lowest BCUT2D eigenvalue weighted by Gasteiger charge is -2.60. The fourth-order valence-electron chi connectivity index (χ4n) is 13.6. The zero-order valence-corrected chi connectivity index (χ0v) is 41.0. The molecule has 3 aromatic rings. The highest BCUT2D eigenvalue weighted by molar-refractivity contribution is 5.94. The summed E-state index contributed by atoms with van der Waals surface area (Å²) in [5.74, 6) is 3.37. The molecule has 4 N–H and O–H groups in total. The van der Waals surface area contributed by atoms with E-state index in [0.29, 0.717) is 48.4 Å². The molecule has 14 nitrogen and oxygen atoms in total. The number of fused-ring (bicyclic) bond motifs is 3. The number of carbonyl (C=O) groups is 3. The van der Waals surface area contributed by atoms with E-state index in [-0.39, 0.29) is 34.8 Å². The van der Waals surface area contributed by atoms with E-state index in [1.54, 1.807) is 11.0 Å². The van der Waals surface area contributed by atoms with Crippen molar-refractivity contribution < 1.29 is 19.5 Å². The van der Waals surface area contributed by atoms with Gasteiger partial charge in [0.05, 0.1) is 23.0 Å². The van der Waals surface area contributed by atoms with Crippen molar-refractivity contribution >= 4 is 29.2 Å². The molecule has 3 saturated carbocycles. The summed E-state index contributed by atoms with van der Waals surface area (Å²) in [7, 11) is 0. The number of terminal acetylenes is 1. The van der Waals surface area contributed by atoms with Crippen molar-refractivity contribution in [3.63, 3.8) is 0 Å². The SMILES string of the molecule is C#Cc1ccc(C2(NC(=O)[C@@H]3CCCN3C(=O)[C@@H](NC(=O)C3CC4(C3)CC(N3CCC(N5CCC(N6CCN7c8cc(-c9ccccc9O)nnc8NC[C@H]7C6)CC5)CC3)C4)C(C)(C)C)CC2)cc1. The van der Waals surface area contributed by atoms with Gasteiger partial charge in [0.25, 0.3) is 0 Å². The van der Waals surface area contributed by atoms with Gasteiger partial charge >= 0.3 is 0 Å². The second-order valence-corrected chi connectivity index (χ2v) is 23.2. The number of para-hydroxylation sites is 1. The topological polar surface area (TPSA) is 150 Å². The number of rotatable bonds is 10. The molecule has 5 aliphatic heterocycles. The predicted octanol–water partition coefficient (Wildman–Crippen LogP) is 5.56. The van der Waals surface area contributed by atoms with Crippen molar-refractivity contribution in [3.8, 4) is 29.4 Å². The Morgan fingerprint density at radius 2 is 1.48 bits per heavy atom. The van der Waals surface area contributed by atoms with Crippen LogP contribution in [0.15, 0.2) is 54.6 Å². The van der Waals surface area contributed by atoms with Crippen LogP contribution in [0.4, 0.5) is 11.5 Å². The maximum Gasteiger partial charge on any atom is 0.246 e. The molecule has 11 rings (SSSR count). The van der Waals surface area contributed by atoms with Gasteiger partial charge in [0, 0.05) is 67.9 Å². The Bertz CT molecular complexity index is 2450. The van der Waals surface area contributed by atoms with Crippen LogP contribution in [-0.4, -0.2) is 148 Å². The maximum absolute atomic E-state index is 14.3. The van der Waals surface area contributed by atoms with E-state index in [0.717, 1.165) is 94.0 Å². The average molecular weight is 937 g/mol. The van der Waals surface area contributed by atoms with Crippen molar-refractivity contribution in [2.75, 3.05) is 69.1 Å². The fourth-order valence-corrected chi connectivity index (χ4v) is 13.6. The zero-order chi connectivity index (χ0) is 47.7. The third-order valence-electron chi connectivity index (χ3n) is 17.9. The first-order chi connectivity index (χ1) is 33.3. The second kappa shape index (κ2) is 18.2. The van der Waals surface area contributed by atoms with Gasteiger partial charge in [-0.25, -0.2) is 0 Å². The van der Waals surface area contributed by atoms with Gasteiger partial charge in [-0.1, -0.05) is 51.0 Å². The first-order valence-electron chi connectivity index (χ1n) is 26.2. The number of piperidine rings is 2. The van der Waals surface area contributed by atoms with Crippen LogP contribution in [0, 0.1) is 29.1 Å². The van der Waals surface area contributed by atoms with E-state index in [9.17, 15) is 19.5 Å². The van der Waals surface area contributed by atoms with Crippen molar-refractivity contribution in [3.05, 3.63) is 65.7 Å². The predicted molar refractivity (Wildman–Crippen MR) is 267 cm³/mol. The van der Waals surface area contributed by atoms with E-state index in [4.69, 9.17) is 6.42 Å². The lowest BCUT2D eigenvalue weighted by atomic mass is 9.49. The van der Waals surface area contributed by atoms with Gasteiger partial charge in [-0.05, 0) is 150 Å². The third-order valence-corrected chi connectivity index (χ3v) is 17.9. The van der Waals surface area contributed by atoms with Crippen molar-refractivity contribution in [1.29, 1.82) is 0 Å². The Morgan fingerprint density at radius 1 is 0.797 bits per heavy atom. The molecule has 7 fully saturated rings. The van der Waals surface area contributed by atoms with Gasteiger partial charge in [0.15, 0.2) is 5.82 Å². The first kappa shape index (κ1) is 46.2. The molecule has 4 saturated heterocycles. The molecule has 69 heavy (non-hydrogen) atoms. The number of benzene rings is 2. The molecule has 3 amide bonds. The van der Waals surface area contributed by atoms with Crippen molar-refractivity contribution in [2.45, 2.75) is 140 Å². The quantitative estimate of drug-likeness (QED) is 0.190. The van der Waals surface area contributed by atoms with E-state index < -0.39 is 23.0 Å². The summed E-state index contributed by atoms with van der Waals surface area (Å²) in [5.41, 5.74) is 3.69. The number of phenols is 1. The van der Waals surface area contributed by atoms with Crippen molar-refractivity contribution in [2.24, 2.45) is 16.7 Å². The summed E-state index contributed by atoms with van der Waals surface area (Å²) in [6.45, 7) is 15.1. The van der Waals surface area contributed by atoms with E-state index >= 15 is 0 Å². The molecule has 1 aromatic heterocycles. The highest BCUT2D eigenvalue weighted by atomic mass is 16.3. The molecule has 2 aromatic carbocycles. The van der Waals surface area contributed by atoms with Gasteiger partial charge in [-0.3, -0.25) is 19.3 Å². The number of likely N-dealkylation sites (tertiary alicyclic amines) is 3. The van der Waals surface area contributed by atoms with Gasteiger partial charge in [0.2, 0.25) is 17.7 Å². The van der Waals surface area contributed by atoms with Crippen LogP contribution in [0.3, 0.4) is 0 Å². The number of aromatic hydroxyl groups is 1. The molecule has 0 radical (unpaired) electrons. The Hall–Kier alpha value is -5.23. The largest absolute Gasteiger partial charge is 0.507 e. The van der Waals surface area contributed by atoms with Crippen LogP contribution >= 0.6 is 0 Å². The van der Waals surface area contributed by atoms with E-state index in [1.165, 1.54) is 51.6 Å². The summed E-state index contributed by atoms with van der Waals surface area (Å²) in [5, 5.41) is 29.5. The molecule has 8 aliphatic rings. The number of aromatic nitrogens is 2. The minimum atomic E-state index is -0.699. The Morgan fingerprint density at radius 3 is 2.14 bits per heavy atom. The molecule has 3 aliphatic carbocycles. The number of nitrogens with one attached hydrogen (secondary N) is 3.